The number of sulfonamides is 1. The minimum Gasteiger partial charge on any atom is -0.354 e. The van der Waals surface area contributed by atoms with Gasteiger partial charge < -0.3 is 10.6 Å². The molecule has 0 spiro atoms. The maximum absolute atomic E-state index is 13.2. The molecule has 2 aromatic carbocycles. The average molecular weight is 404 g/mol. The maximum Gasteiger partial charge on any atom is 0.220 e. The zero-order chi connectivity index (χ0) is 19.0. The molecule has 1 saturated heterocycles. The van der Waals surface area contributed by atoms with E-state index < -0.39 is 15.3 Å². The van der Waals surface area contributed by atoms with Gasteiger partial charge in [0.25, 0.3) is 0 Å². The quantitative estimate of drug-likeness (QED) is 0.693. The molecule has 2 aliphatic rings. The highest BCUT2D eigenvalue weighted by atomic mass is 32.2. The Morgan fingerprint density at radius 1 is 1.15 bits per heavy atom. The molecule has 2 atom stereocenters. The molecule has 2 heterocycles. The molecule has 0 saturated carbocycles. The highest BCUT2D eigenvalue weighted by Gasteiger charge is 2.32. The van der Waals surface area contributed by atoms with Crippen molar-refractivity contribution in [3.05, 3.63) is 48.0 Å². The molecule has 1 fully saturated rings. The number of hydrogen-bond donors (Lipinski definition) is 2. The molecule has 2 N–H and O–H groups in total. The summed E-state index contributed by atoms with van der Waals surface area (Å²) in [6, 6.07) is 14.3. The molecular formula is C20H25N3O2S2. The van der Waals surface area contributed by atoms with Gasteiger partial charge in [-0.25, -0.2) is 8.42 Å². The lowest BCUT2D eigenvalue weighted by Crippen LogP contribution is -2.40. The lowest BCUT2D eigenvalue weighted by Gasteiger charge is -2.27. The van der Waals surface area contributed by atoms with Crippen molar-refractivity contribution in [2.24, 2.45) is 0 Å². The number of nitrogens with zero attached hydrogens (tertiary/aromatic N) is 1. The van der Waals surface area contributed by atoms with E-state index in [0.717, 1.165) is 34.8 Å². The van der Waals surface area contributed by atoms with Crippen LogP contribution in [0.1, 0.15) is 31.1 Å². The summed E-state index contributed by atoms with van der Waals surface area (Å²) in [6.07, 6.45) is 0.843. The third kappa shape index (κ3) is 3.74. The molecule has 2 unspecified atom stereocenters. The first-order valence-corrected chi connectivity index (χ1v) is 11.7. The summed E-state index contributed by atoms with van der Waals surface area (Å²) in [5, 5.41) is 6.23. The lowest BCUT2D eigenvalue weighted by molar-refractivity contribution is 0.398. The van der Waals surface area contributed by atoms with Crippen molar-refractivity contribution in [1.29, 1.82) is 0 Å². The molecule has 5 nitrogen and oxygen atoms in total. The fraction of sp³-hybridized carbons (Fsp3) is 0.400. The Labute approximate surface area is 165 Å². The molecule has 4 rings (SSSR count). The number of para-hydroxylation sites is 1. The van der Waals surface area contributed by atoms with Crippen molar-refractivity contribution >= 4 is 33.2 Å². The summed E-state index contributed by atoms with van der Waals surface area (Å²) in [5.41, 5.74) is 2.87. The molecule has 144 valence electrons. The smallest absolute Gasteiger partial charge is 0.220 e. The highest BCUT2D eigenvalue weighted by molar-refractivity contribution is 7.99. The third-order valence-electron chi connectivity index (χ3n) is 5.21. The molecule has 0 radical (unpaired) electrons. The first-order valence-electron chi connectivity index (χ1n) is 9.35. The van der Waals surface area contributed by atoms with Gasteiger partial charge in [-0.1, -0.05) is 30.0 Å². The van der Waals surface area contributed by atoms with Crippen molar-refractivity contribution in [3.8, 4) is 0 Å². The second kappa shape index (κ2) is 7.47. The molecule has 0 bridgehead atoms. The van der Waals surface area contributed by atoms with Crippen LogP contribution in [0.3, 0.4) is 0 Å². The van der Waals surface area contributed by atoms with Crippen LogP contribution in [0.25, 0.3) is 0 Å². The Morgan fingerprint density at radius 2 is 1.93 bits per heavy atom. The summed E-state index contributed by atoms with van der Waals surface area (Å²) in [4.78, 5) is 2.30. The number of fused-ring (bicyclic) bond motifs is 2. The Balaban J connectivity index is 1.60. The first-order chi connectivity index (χ1) is 12.9. The van der Waals surface area contributed by atoms with Gasteiger partial charge >= 0.3 is 0 Å². The molecule has 0 aromatic heterocycles. The van der Waals surface area contributed by atoms with E-state index >= 15 is 0 Å². The van der Waals surface area contributed by atoms with Crippen LogP contribution in [0, 0.1) is 0 Å². The van der Waals surface area contributed by atoms with Crippen molar-refractivity contribution in [1.82, 2.24) is 9.62 Å². The fourth-order valence-electron chi connectivity index (χ4n) is 3.60. The predicted octanol–water partition coefficient (Wildman–Crippen LogP) is 3.97. The number of anilines is 2. The van der Waals surface area contributed by atoms with Gasteiger partial charge in [0.1, 0.15) is 0 Å². The zero-order valence-electron chi connectivity index (χ0n) is 15.6. The fourth-order valence-corrected chi connectivity index (χ4v) is 6.32. The van der Waals surface area contributed by atoms with E-state index in [-0.39, 0.29) is 6.04 Å². The van der Waals surface area contributed by atoms with E-state index in [2.05, 4.69) is 16.7 Å². The Morgan fingerprint density at radius 3 is 2.78 bits per heavy atom. The van der Waals surface area contributed by atoms with Gasteiger partial charge in [0.15, 0.2) is 0 Å². The number of rotatable bonds is 3. The van der Waals surface area contributed by atoms with Crippen molar-refractivity contribution in [2.75, 3.05) is 25.0 Å². The Kier molecular flexibility index (Phi) is 5.20. The van der Waals surface area contributed by atoms with Crippen LogP contribution in [-0.2, 0) is 10.0 Å². The largest absolute Gasteiger partial charge is 0.354 e. The standard InChI is InChI=1S/C20H25N3O2S2/c1-14-13-23(11-5-10-21-14)27(24,25)15(2)16-8-9-20-18(12-16)22-17-6-3-4-7-19(17)26-20/h3-4,6-9,12,14-15,21-22H,5,10-11,13H2,1-2H3. The number of hydrogen-bond acceptors (Lipinski definition) is 5. The van der Waals surface area contributed by atoms with E-state index in [1.54, 1.807) is 23.0 Å². The van der Waals surface area contributed by atoms with Gasteiger partial charge in [-0.3, -0.25) is 0 Å². The molecule has 0 aliphatic carbocycles. The summed E-state index contributed by atoms with van der Waals surface area (Å²) >= 11 is 1.71. The van der Waals surface area contributed by atoms with Crippen LogP contribution >= 0.6 is 11.8 Å². The van der Waals surface area contributed by atoms with Crippen LogP contribution in [-0.4, -0.2) is 38.4 Å². The number of nitrogens with one attached hydrogen (secondary N) is 2. The van der Waals surface area contributed by atoms with Crippen LogP contribution in [0.2, 0.25) is 0 Å². The van der Waals surface area contributed by atoms with E-state index in [1.165, 1.54) is 4.90 Å². The lowest BCUT2D eigenvalue weighted by atomic mass is 10.1. The summed E-state index contributed by atoms with van der Waals surface area (Å²) in [5.74, 6) is 0. The molecule has 27 heavy (non-hydrogen) atoms. The Bertz CT molecular complexity index is 946. The molecule has 2 aromatic rings. The van der Waals surface area contributed by atoms with E-state index in [4.69, 9.17) is 0 Å². The highest BCUT2D eigenvalue weighted by Crippen LogP contribution is 2.45. The minimum atomic E-state index is -3.40. The zero-order valence-corrected chi connectivity index (χ0v) is 17.2. The minimum absolute atomic E-state index is 0.174. The van der Waals surface area contributed by atoms with Crippen molar-refractivity contribution in [2.45, 2.75) is 41.4 Å². The summed E-state index contributed by atoms with van der Waals surface area (Å²) < 4.78 is 28.1. The van der Waals surface area contributed by atoms with Crippen LogP contribution in [0.5, 0.6) is 0 Å². The normalized spacial score (nSPS) is 21.5. The first kappa shape index (κ1) is 18.8. The van der Waals surface area contributed by atoms with Crippen LogP contribution in [0.15, 0.2) is 52.3 Å². The van der Waals surface area contributed by atoms with Gasteiger partial charge in [-0.15, -0.1) is 0 Å². The van der Waals surface area contributed by atoms with Gasteiger partial charge in [-0.2, -0.15) is 4.31 Å². The predicted molar refractivity (Wildman–Crippen MR) is 111 cm³/mol. The second-order valence-corrected chi connectivity index (χ2v) is 10.6. The van der Waals surface area contributed by atoms with Gasteiger partial charge in [0.2, 0.25) is 10.0 Å². The molecule has 2 aliphatic heterocycles. The monoisotopic (exact) mass is 403 g/mol. The average Bonchev–Trinajstić information content (AvgIpc) is 2.90. The van der Waals surface area contributed by atoms with Crippen molar-refractivity contribution in [3.63, 3.8) is 0 Å². The SMILES string of the molecule is CC1CN(S(=O)(=O)C(C)c2ccc3c(c2)Nc2ccccc2S3)CCCN1. The second-order valence-electron chi connectivity index (χ2n) is 7.23. The van der Waals surface area contributed by atoms with E-state index in [1.807, 2.05) is 43.3 Å². The summed E-state index contributed by atoms with van der Waals surface area (Å²) in [6.45, 7) is 5.80. The van der Waals surface area contributed by atoms with Crippen LogP contribution < -0.4 is 10.6 Å². The third-order valence-corrected chi connectivity index (χ3v) is 8.58. The van der Waals surface area contributed by atoms with Gasteiger partial charge in [0, 0.05) is 28.9 Å². The van der Waals surface area contributed by atoms with Gasteiger partial charge in [0.05, 0.1) is 16.6 Å². The number of benzene rings is 2. The van der Waals surface area contributed by atoms with Crippen LogP contribution in [0.4, 0.5) is 11.4 Å². The molecular weight excluding hydrogens is 378 g/mol. The Hall–Kier alpha value is -1.54. The summed E-state index contributed by atoms with van der Waals surface area (Å²) in [7, 11) is -3.40. The van der Waals surface area contributed by atoms with E-state index in [0.29, 0.717) is 13.1 Å². The maximum atomic E-state index is 13.2. The van der Waals surface area contributed by atoms with E-state index in [9.17, 15) is 8.42 Å². The molecule has 7 heteroatoms. The van der Waals surface area contributed by atoms with Crippen molar-refractivity contribution < 1.29 is 8.42 Å². The molecule has 0 amide bonds. The van der Waals surface area contributed by atoms with Gasteiger partial charge in [-0.05, 0) is 56.6 Å². The topological polar surface area (TPSA) is 61.4 Å².